The minimum absolute atomic E-state index is 0.0715. The summed E-state index contributed by atoms with van der Waals surface area (Å²) in [5.41, 5.74) is 0. The van der Waals surface area contributed by atoms with Gasteiger partial charge in [-0.2, -0.15) is 0 Å². The molecule has 0 fully saturated rings. The minimum atomic E-state index is -0.774. The fraction of sp³-hybridized carbons (Fsp3) is 0.897. The summed E-state index contributed by atoms with van der Waals surface area (Å²) in [6.07, 6.45) is 76.5. The van der Waals surface area contributed by atoms with Crippen molar-refractivity contribution in [3.63, 3.8) is 0 Å². The molecule has 0 aliphatic carbocycles. The molecule has 0 heterocycles. The Bertz CT molecular complexity index is 1190. The van der Waals surface area contributed by atoms with Gasteiger partial charge in [-0.1, -0.05) is 328 Å². The molecular weight excluding hydrogens is 913 g/mol. The van der Waals surface area contributed by atoms with Crippen LogP contribution >= 0.6 is 0 Å². The van der Waals surface area contributed by atoms with E-state index >= 15 is 0 Å². The third-order valence-corrected chi connectivity index (χ3v) is 15.2. The van der Waals surface area contributed by atoms with Crippen molar-refractivity contribution in [3.05, 3.63) is 24.3 Å². The zero-order chi connectivity index (χ0) is 53.6. The van der Waals surface area contributed by atoms with Crippen LogP contribution in [-0.4, -0.2) is 37.2 Å². The number of hydrogen-bond acceptors (Lipinski definition) is 6. The molecule has 0 aromatic rings. The molecule has 0 spiro atoms. The predicted octanol–water partition coefficient (Wildman–Crippen LogP) is 22.6. The van der Waals surface area contributed by atoms with Gasteiger partial charge < -0.3 is 14.2 Å². The zero-order valence-electron chi connectivity index (χ0n) is 50.1. The summed E-state index contributed by atoms with van der Waals surface area (Å²) in [6.45, 7) is 6.66. The Kier molecular flexibility index (Phi) is 61.6. The highest BCUT2D eigenvalue weighted by Gasteiger charge is 2.19. The van der Waals surface area contributed by atoms with Crippen molar-refractivity contribution in [2.24, 2.45) is 0 Å². The maximum absolute atomic E-state index is 12.9. The van der Waals surface area contributed by atoms with E-state index in [-0.39, 0.29) is 31.1 Å². The average molecular weight is 1040 g/mol. The van der Waals surface area contributed by atoms with Gasteiger partial charge in [-0.3, -0.25) is 14.4 Å². The van der Waals surface area contributed by atoms with Crippen LogP contribution in [0.4, 0.5) is 0 Å². The Hall–Kier alpha value is -2.11. The molecule has 6 heteroatoms. The molecule has 0 aromatic carbocycles. The van der Waals surface area contributed by atoms with Crippen LogP contribution in [0.5, 0.6) is 0 Å². The molecule has 0 amide bonds. The summed E-state index contributed by atoms with van der Waals surface area (Å²) >= 11 is 0. The largest absolute Gasteiger partial charge is 0.462 e. The van der Waals surface area contributed by atoms with E-state index in [4.69, 9.17) is 14.2 Å². The van der Waals surface area contributed by atoms with Gasteiger partial charge in [0.05, 0.1) is 0 Å². The van der Waals surface area contributed by atoms with E-state index in [2.05, 4.69) is 45.1 Å². The van der Waals surface area contributed by atoms with Gasteiger partial charge in [-0.25, -0.2) is 0 Å². The van der Waals surface area contributed by atoms with Crippen molar-refractivity contribution in [1.29, 1.82) is 0 Å². The van der Waals surface area contributed by atoms with Crippen LogP contribution in [0.1, 0.15) is 374 Å². The van der Waals surface area contributed by atoms with E-state index in [1.54, 1.807) is 0 Å². The molecular formula is C68H128O6. The quantitative estimate of drug-likeness (QED) is 0.0261. The second kappa shape index (κ2) is 63.4. The Morgan fingerprint density at radius 3 is 0.757 bits per heavy atom. The second-order valence-corrected chi connectivity index (χ2v) is 22.7. The molecule has 0 saturated heterocycles. The second-order valence-electron chi connectivity index (χ2n) is 22.7. The highest BCUT2D eigenvalue weighted by Crippen LogP contribution is 2.18. The molecule has 1 atom stereocenters. The first kappa shape index (κ1) is 71.9. The topological polar surface area (TPSA) is 78.9 Å². The summed E-state index contributed by atoms with van der Waals surface area (Å²) in [7, 11) is 0. The number of carbonyl (C=O) groups excluding carboxylic acids is 3. The van der Waals surface area contributed by atoms with Crippen molar-refractivity contribution in [3.8, 4) is 0 Å². The van der Waals surface area contributed by atoms with E-state index in [9.17, 15) is 14.4 Å². The third kappa shape index (κ3) is 60.8. The maximum atomic E-state index is 12.9. The molecule has 74 heavy (non-hydrogen) atoms. The Morgan fingerprint density at radius 1 is 0.270 bits per heavy atom. The Morgan fingerprint density at radius 2 is 0.486 bits per heavy atom. The highest BCUT2D eigenvalue weighted by atomic mass is 16.6. The number of rotatable bonds is 62. The van der Waals surface area contributed by atoms with E-state index in [1.165, 1.54) is 257 Å². The SMILES string of the molecule is CCCCCC/C=C\C/C=C\CCCCCCCC(=O)OC(COC(=O)CCCCCCCCCCCC)COC(=O)CCCCCCCCCCCCCCCCCCCCCCCCCCCCCCCC. The summed E-state index contributed by atoms with van der Waals surface area (Å²) in [5.74, 6) is -0.863. The Labute approximate surface area is 462 Å². The van der Waals surface area contributed by atoms with Crippen LogP contribution in [0.2, 0.25) is 0 Å². The van der Waals surface area contributed by atoms with E-state index < -0.39 is 6.10 Å². The van der Waals surface area contributed by atoms with Gasteiger partial charge in [-0.05, 0) is 51.4 Å². The fourth-order valence-corrected chi connectivity index (χ4v) is 10.2. The normalized spacial score (nSPS) is 12.1. The zero-order valence-corrected chi connectivity index (χ0v) is 50.1. The lowest BCUT2D eigenvalue weighted by Gasteiger charge is -2.18. The summed E-state index contributed by atoms with van der Waals surface area (Å²) in [5, 5.41) is 0. The van der Waals surface area contributed by atoms with Gasteiger partial charge in [0.25, 0.3) is 0 Å². The summed E-state index contributed by atoms with van der Waals surface area (Å²) in [6, 6.07) is 0. The van der Waals surface area contributed by atoms with Gasteiger partial charge in [-0.15, -0.1) is 0 Å². The van der Waals surface area contributed by atoms with Crippen LogP contribution in [0, 0.1) is 0 Å². The first-order valence-corrected chi connectivity index (χ1v) is 33.3. The van der Waals surface area contributed by atoms with Gasteiger partial charge >= 0.3 is 17.9 Å². The smallest absolute Gasteiger partial charge is 0.306 e. The fourth-order valence-electron chi connectivity index (χ4n) is 10.2. The maximum Gasteiger partial charge on any atom is 0.306 e. The van der Waals surface area contributed by atoms with E-state index in [0.29, 0.717) is 19.3 Å². The standard InChI is InChI=1S/C68H128O6/c1-4-7-10-13-16-19-22-24-26-28-29-30-31-32-33-34-35-36-37-38-39-40-41-43-44-46-49-52-55-58-61-67(70)73-64-65(63-72-66(69)60-57-54-51-48-21-18-15-12-9-6-3)74-68(71)62-59-56-53-50-47-45-42-27-25-23-20-17-14-11-8-5-2/h20,23,27,42,65H,4-19,21-22,24-26,28-41,43-64H2,1-3H3/b23-20-,42-27-. The van der Waals surface area contributed by atoms with Crippen LogP contribution in [0.15, 0.2) is 24.3 Å². The number of ether oxygens (including phenoxy) is 3. The minimum Gasteiger partial charge on any atom is -0.462 e. The lowest BCUT2D eigenvalue weighted by Crippen LogP contribution is -2.30. The molecule has 0 bridgehead atoms. The van der Waals surface area contributed by atoms with Gasteiger partial charge in [0.2, 0.25) is 0 Å². The summed E-state index contributed by atoms with van der Waals surface area (Å²) < 4.78 is 16.9. The predicted molar refractivity (Wildman–Crippen MR) is 321 cm³/mol. The van der Waals surface area contributed by atoms with Gasteiger partial charge in [0, 0.05) is 19.3 Å². The van der Waals surface area contributed by atoms with Crippen molar-refractivity contribution in [2.45, 2.75) is 380 Å². The molecule has 1 unspecified atom stereocenters. The summed E-state index contributed by atoms with van der Waals surface area (Å²) in [4.78, 5) is 38.2. The number of carbonyl (C=O) groups is 3. The lowest BCUT2D eigenvalue weighted by atomic mass is 10.0. The molecule has 0 radical (unpaired) electrons. The van der Waals surface area contributed by atoms with E-state index in [1.807, 2.05) is 0 Å². The molecule has 0 N–H and O–H groups in total. The lowest BCUT2D eigenvalue weighted by molar-refractivity contribution is -0.167. The third-order valence-electron chi connectivity index (χ3n) is 15.2. The van der Waals surface area contributed by atoms with Gasteiger partial charge in [0.15, 0.2) is 6.10 Å². The number of hydrogen-bond donors (Lipinski definition) is 0. The van der Waals surface area contributed by atoms with Crippen LogP contribution in [0.25, 0.3) is 0 Å². The first-order valence-electron chi connectivity index (χ1n) is 33.3. The molecule has 0 aliphatic rings. The number of allylic oxidation sites excluding steroid dienone is 4. The molecule has 0 saturated carbocycles. The van der Waals surface area contributed by atoms with E-state index in [0.717, 1.165) is 77.0 Å². The average Bonchev–Trinajstić information content (AvgIpc) is 3.40. The first-order chi connectivity index (χ1) is 36.5. The van der Waals surface area contributed by atoms with Crippen LogP contribution < -0.4 is 0 Å². The molecule has 0 aromatic heterocycles. The molecule has 0 rings (SSSR count). The Balaban J connectivity index is 4.07. The van der Waals surface area contributed by atoms with Crippen molar-refractivity contribution < 1.29 is 28.6 Å². The molecule has 0 aliphatic heterocycles. The molecule has 436 valence electrons. The van der Waals surface area contributed by atoms with Crippen LogP contribution in [-0.2, 0) is 28.6 Å². The number of esters is 3. The monoisotopic (exact) mass is 1040 g/mol. The highest BCUT2D eigenvalue weighted by molar-refractivity contribution is 5.71. The van der Waals surface area contributed by atoms with Crippen molar-refractivity contribution in [1.82, 2.24) is 0 Å². The van der Waals surface area contributed by atoms with Crippen molar-refractivity contribution in [2.75, 3.05) is 13.2 Å². The van der Waals surface area contributed by atoms with Gasteiger partial charge in [0.1, 0.15) is 13.2 Å². The van der Waals surface area contributed by atoms with Crippen LogP contribution in [0.3, 0.4) is 0 Å². The molecule has 6 nitrogen and oxygen atoms in total. The van der Waals surface area contributed by atoms with Crippen molar-refractivity contribution >= 4 is 17.9 Å². The number of unbranched alkanes of at least 4 members (excludes halogenated alkanes) is 47.